The Kier molecular flexibility index (Phi) is 3.36. The summed E-state index contributed by atoms with van der Waals surface area (Å²) in [5.74, 6) is 1.58. The van der Waals surface area contributed by atoms with E-state index in [1.807, 2.05) is 6.07 Å². The number of benzene rings is 1. The molecule has 1 aromatic carbocycles. The molecule has 3 nitrogen and oxygen atoms in total. The van der Waals surface area contributed by atoms with Crippen LogP contribution in [0, 0.1) is 0 Å². The predicted molar refractivity (Wildman–Crippen MR) is 81.2 cm³/mol. The van der Waals surface area contributed by atoms with Crippen LogP contribution in [0.15, 0.2) is 18.7 Å². The van der Waals surface area contributed by atoms with Crippen LogP contribution >= 0.6 is 0 Å². The molecule has 1 aliphatic carbocycles. The highest BCUT2D eigenvalue weighted by molar-refractivity contribution is 5.71. The molecule has 0 aromatic heterocycles. The molecule has 108 valence electrons. The Hall–Kier alpha value is -1.64. The molecule has 3 rings (SSSR count). The first-order valence-electron chi connectivity index (χ1n) is 7.40. The summed E-state index contributed by atoms with van der Waals surface area (Å²) in [5.41, 5.74) is 3.73. The van der Waals surface area contributed by atoms with Gasteiger partial charge in [-0.2, -0.15) is 0 Å². The zero-order valence-electron chi connectivity index (χ0n) is 12.4. The fourth-order valence-corrected chi connectivity index (χ4v) is 3.67. The number of nitrogens with one attached hydrogen (secondary N) is 1. The lowest BCUT2D eigenvalue weighted by Gasteiger charge is -2.44. The summed E-state index contributed by atoms with van der Waals surface area (Å²) in [6.07, 6.45) is 7.50. The molecule has 0 radical (unpaired) electrons. The summed E-state index contributed by atoms with van der Waals surface area (Å²) in [4.78, 5) is 0. The molecule has 3 heteroatoms. The molecule has 0 bridgehead atoms. The molecule has 1 heterocycles. The van der Waals surface area contributed by atoms with Crippen LogP contribution in [0.2, 0.25) is 0 Å². The molecule has 1 fully saturated rings. The normalized spacial score (nSPS) is 20.2. The molecular formula is C17H23NO2. The van der Waals surface area contributed by atoms with E-state index in [2.05, 4.69) is 18.0 Å². The topological polar surface area (TPSA) is 30.5 Å². The summed E-state index contributed by atoms with van der Waals surface area (Å²) >= 11 is 0. The number of methoxy groups -OCH3 is 2. The highest BCUT2D eigenvalue weighted by Crippen LogP contribution is 2.41. The van der Waals surface area contributed by atoms with E-state index < -0.39 is 0 Å². The van der Waals surface area contributed by atoms with Crippen LogP contribution < -0.4 is 14.8 Å². The van der Waals surface area contributed by atoms with E-state index in [-0.39, 0.29) is 5.54 Å². The first kappa shape index (κ1) is 13.3. The zero-order valence-corrected chi connectivity index (χ0v) is 12.4. The van der Waals surface area contributed by atoms with Crippen LogP contribution in [0.25, 0.3) is 5.70 Å². The Morgan fingerprint density at radius 1 is 1.05 bits per heavy atom. The molecule has 0 unspecified atom stereocenters. The summed E-state index contributed by atoms with van der Waals surface area (Å²) in [7, 11) is 3.36. The summed E-state index contributed by atoms with van der Waals surface area (Å²) in [6.45, 7) is 4.23. The van der Waals surface area contributed by atoms with E-state index >= 15 is 0 Å². The lowest BCUT2D eigenvalue weighted by molar-refractivity contribution is 0.253. The fraction of sp³-hybridized carbons (Fsp3) is 0.529. The minimum Gasteiger partial charge on any atom is -0.493 e. The van der Waals surface area contributed by atoms with Gasteiger partial charge in [0.05, 0.1) is 14.2 Å². The number of ether oxygens (including phenoxy) is 2. The van der Waals surface area contributed by atoms with Gasteiger partial charge in [0.1, 0.15) is 0 Å². The summed E-state index contributed by atoms with van der Waals surface area (Å²) in [6, 6.07) is 4.16. The van der Waals surface area contributed by atoms with Gasteiger partial charge in [0.25, 0.3) is 0 Å². The van der Waals surface area contributed by atoms with Gasteiger partial charge in [-0.25, -0.2) is 0 Å². The number of hydrogen-bond donors (Lipinski definition) is 1. The lowest BCUT2D eigenvalue weighted by Crippen LogP contribution is -2.50. The number of fused-ring (bicyclic) bond motifs is 1. The molecule has 20 heavy (non-hydrogen) atoms. The average Bonchev–Trinajstić information content (AvgIpc) is 2.46. The fourth-order valence-electron chi connectivity index (χ4n) is 3.67. The number of hydrogen-bond acceptors (Lipinski definition) is 3. The second kappa shape index (κ2) is 5.04. The van der Waals surface area contributed by atoms with Crippen molar-refractivity contribution in [3.63, 3.8) is 0 Å². The predicted octanol–water partition coefficient (Wildman–Crippen LogP) is 3.52. The Labute approximate surface area is 121 Å². The highest BCUT2D eigenvalue weighted by Gasteiger charge is 2.37. The van der Waals surface area contributed by atoms with Crippen molar-refractivity contribution >= 4 is 5.70 Å². The molecule has 0 amide bonds. The smallest absolute Gasteiger partial charge is 0.161 e. The third-order valence-corrected chi connectivity index (χ3v) is 4.69. The van der Waals surface area contributed by atoms with Crippen molar-refractivity contribution in [2.75, 3.05) is 14.2 Å². The molecule has 1 saturated carbocycles. The van der Waals surface area contributed by atoms with Crippen LogP contribution in [0.4, 0.5) is 0 Å². The van der Waals surface area contributed by atoms with Gasteiger partial charge in [-0.05, 0) is 37.0 Å². The Morgan fingerprint density at radius 3 is 2.35 bits per heavy atom. The van der Waals surface area contributed by atoms with Crippen LogP contribution in [0.5, 0.6) is 11.5 Å². The largest absolute Gasteiger partial charge is 0.493 e. The molecule has 1 aromatic rings. The number of rotatable bonds is 2. The third kappa shape index (κ3) is 2.15. The molecular weight excluding hydrogens is 250 g/mol. The van der Waals surface area contributed by atoms with Crippen molar-refractivity contribution in [3.8, 4) is 11.5 Å². The Balaban J connectivity index is 2.00. The van der Waals surface area contributed by atoms with Crippen molar-refractivity contribution in [1.29, 1.82) is 0 Å². The SMILES string of the molecule is C=C1NC2(CCCCC2)Cc2cc(OC)c(OC)cc21. The van der Waals surface area contributed by atoms with Crippen LogP contribution in [0.3, 0.4) is 0 Å². The first-order chi connectivity index (χ1) is 9.67. The van der Waals surface area contributed by atoms with Crippen molar-refractivity contribution in [1.82, 2.24) is 5.32 Å². The van der Waals surface area contributed by atoms with Gasteiger partial charge in [-0.1, -0.05) is 25.8 Å². The maximum absolute atomic E-state index is 5.44. The average molecular weight is 273 g/mol. The maximum atomic E-state index is 5.44. The van der Waals surface area contributed by atoms with E-state index in [0.717, 1.165) is 23.6 Å². The first-order valence-corrected chi connectivity index (χ1v) is 7.40. The molecule has 1 spiro atoms. The van der Waals surface area contributed by atoms with E-state index in [4.69, 9.17) is 9.47 Å². The summed E-state index contributed by atoms with van der Waals surface area (Å²) < 4.78 is 10.8. The van der Waals surface area contributed by atoms with E-state index in [0.29, 0.717) is 0 Å². The minimum absolute atomic E-state index is 0.210. The zero-order chi connectivity index (χ0) is 14.2. The van der Waals surface area contributed by atoms with Crippen LogP contribution in [0.1, 0.15) is 43.2 Å². The van der Waals surface area contributed by atoms with Crippen molar-refractivity contribution in [3.05, 3.63) is 29.8 Å². The Morgan fingerprint density at radius 2 is 1.70 bits per heavy atom. The lowest BCUT2D eigenvalue weighted by atomic mass is 9.74. The quantitative estimate of drug-likeness (QED) is 0.894. The van der Waals surface area contributed by atoms with E-state index in [9.17, 15) is 0 Å². The minimum atomic E-state index is 0.210. The molecule has 2 aliphatic rings. The van der Waals surface area contributed by atoms with Crippen molar-refractivity contribution < 1.29 is 9.47 Å². The van der Waals surface area contributed by atoms with Gasteiger partial charge in [-0.15, -0.1) is 0 Å². The van der Waals surface area contributed by atoms with Gasteiger partial charge < -0.3 is 14.8 Å². The highest BCUT2D eigenvalue weighted by atomic mass is 16.5. The van der Waals surface area contributed by atoms with Gasteiger partial charge in [-0.3, -0.25) is 0 Å². The molecule has 1 aliphatic heterocycles. The van der Waals surface area contributed by atoms with E-state index in [1.165, 1.54) is 43.2 Å². The monoisotopic (exact) mass is 273 g/mol. The molecule has 0 saturated heterocycles. The van der Waals surface area contributed by atoms with Crippen LogP contribution in [-0.4, -0.2) is 19.8 Å². The van der Waals surface area contributed by atoms with Gasteiger partial charge in [0.15, 0.2) is 11.5 Å². The maximum Gasteiger partial charge on any atom is 0.161 e. The molecule has 0 atom stereocenters. The second-order valence-corrected chi connectivity index (χ2v) is 5.99. The van der Waals surface area contributed by atoms with Gasteiger partial charge >= 0.3 is 0 Å². The third-order valence-electron chi connectivity index (χ3n) is 4.69. The summed E-state index contributed by atoms with van der Waals surface area (Å²) in [5, 5.41) is 3.69. The van der Waals surface area contributed by atoms with Gasteiger partial charge in [0.2, 0.25) is 0 Å². The second-order valence-electron chi connectivity index (χ2n) is 5.99. The Bertz CT molecular complexity index is 530. The van der Waals surface area contributed by atoms with Gasteiger partial charge in [0, 0.05) is 16.8 Å². The van der Waals surface area contributed by atoms with Crippen molar-refractivity contribution in [2.24, 2.45) is 0 Å². The van der Waals surface area contributed by atoms with Crippen LogP contribution in [-0.2, 0) is 6.42 Å². The van der Waals surface area contributed by atoms with Crippen molar-refractivity contribution in [2.45, 2.75) is 44.1 Å². The van der Waals surface area contributed by atoms with E-state index in [1.54, 1.807) is 14.2 Å². The standard InChI is InChI=1S/C17H23NO2/c1-12-14-10-16(20-3)15(19-2)9-13(14)11-17(18-12)7-5-4-6-8-17/h9-10,18H,1,4-8,11H2,2-3H3. The molecule has 1 N–H and O–H groups in total.